The van der Waals surface area contributed by atoms with E-state index in [-0.39, 0.29) is 24.0 Å². The number of alkyl halides is 3. The van der Waals surface area contributed by atoms with Crippen LogP contribution in [0.15, 0.2) is 24.3 Å². The minimum atomic E-state index is -4.70. The molecule has 0 spiro atoms. The summed E-state index contributed by atoms with van der Waals surface area (Å²) >= 11 is 0. The summed E-state index contributed by atoms with van der Waals surface area (Å²) in [6, 6.07) is 4.20. The third kappa shape index (κ3) is 4.46. The number of para-hydroxylation sites is 2. The van der Waals surface area contributed by atoms with Gasteiger partial charge in [-0.15, -0.1) is 0 Å². The van der Waals surface area contributed by atoms with Gasteiger partial charge in [0, 0.05) is 12.6 Å². The van der Waals surface area contributed by atoms with Crippen molar-refractivity contribution >= 4 is 23.2 Å². The van der Waals surface area contributed by atoms with E-state index in [1.165, 1.54) is 25.0 Å². The van der Waals surface area contributed by atoms with Crippen molar-refractivity contribution in [3.63, 3.8) is 0 Å². The summed E-state index contributed by atoms with van der Waals surface area (Å²) in [5.74, 6) is -1.36. The molecule has 0 saturated carbocycles. The summed E-state index contributed by atoms with van der Waals surface area (Å²) in [5.41, 5.74) is 0.337. The number of nitrogens with one attached hydrogen (secondary N) is 1. The van der Waals surface area contributed by atoms with Gasteiger partial charge in [-0.3, -0.25) is 19.4 Å². The molecule has 2 unspecified atom stereocenters. The number of carbonyl (C=O) groups excluding carboxylic acids is 2. The number of hydrogen-bond donors (Lipinski definition) is 1. The lowest BCUT2D eigenvalue weighted by Crippen LogP contribution is -2.53. The third-order valence-corrected chi connectivity index (χ3v) is 6.28. The molecule has 2 atom stereocenters. The van der Waals surface area contributed by atoms with Crippen molar-refractivity contribution in [1.29, 1.82) is 0 Å². The van der Waals surface area contributed by atoms with E-state index in [1.807, 2.05) is 4.90 Å². The molecule has 0 bridgehead atoms. The Morgan fingerprint density at radius 1 is 1.10 bits per heavy atom. The molecule has 0 aliphatic carbocycles. The van der Waals surface area contributed by atoms with Crippen molar-refractivity contribution in [1.82, 2.24) is 9.80 Å². The number of fused-ring (bicyclic) bond motifs is 1. The molecular weight excluding hydrogens is 397 g/mol. The van der Waals surface area contributed by atoms with Crippen LogP contribution in [0.25, 0.3) is 0 Å². The van der Waals surface area contributed by atoms with Gasteiger partial charge in [-0.2, -0.15) is 13.2 Å². The second-order valence-electron chi connectivity index (χ2n) is 8.36. The fourth-order valence-electron chi connectivity index (χ4n) is 4.82. The van der Waals surface area contributed by atoms with Crippen molar-refractivity contribution in [3.8, 4) is 0 Å². The second kappa shape index (κ2) is 8.55. The molecule has 2 saturated heterocycles. The van der Waals surface area contributed by atoms with Crippen LogP contribution >= 0.6 is 0 Å². The smallest absolute Gasteiger partial charge is 0.324 e. The van der Waals surface area contributed by atoms with E-state index >= 15 is 0 Å². The summed E-state index contributed by atoms with van der Waals surface area (Å²) in [4.78, 5) is 30.5. The molecule has 2 amide bonds. The van der Waals surface area contributed by atoms with Crippen molar-refractivity contribution in [3.05, 3.63) is 24.3 Å². The third-order valence-electron chi connectivity index (χ3n) is 6.28. The van der Waals surface area contributed by atoms with Gasteiger partial charge in [-0.05, 0) is 57.5 Å². The van der Waals surface area contributed by atoms with Crippen molar-refractivity contribution < 1.29 is 22.8 Å². The molecule has 6 nitrogen and oxygen atoms in total. The first-order valence-electron chi connectivity index (χ1n) is 10.6. The predicted molar refractivity (Wildman–Crippen MR) is 107 cm³/mol. The SMILES string of the molecule is O=C1CC(C(F)(F)F)N(C(=O)CN2CCCC2CN2CCCC2)c2ccccc2N1. The maximum Gasteiger partial charge on any atom is 0.409 e. The van der Waals surface area contributed by atoms with Crippen LogP contribution < -0.4 is 10.2 Å². The van der Waals surface area contributed by atoms with Gasteiger partial charge in [0.15, 0.2) is 0 Å². The van der Waals surface area contributed by atoms with Crippen LogP contribution in [0.3, 0.4) is 0 Å². The van der Waals surface area contributed by atoms with Gasteiger partial charge in [-0.1, -0.05) is 12.1 Å². The Morgan fingerprint density at radius 2 is 1.83 bits per heavy atom. The zero-order chi connectivity index (χ0) is 21.3. The molecule has 2 fully saturated rings. The van der Waals surface area contributed by atoms with Gasteiger partial charge in [0.05, 0.1) is 24.3 Å². The Bertz CT molecular complexity index is 795. The minimum absolute atomic E-state index is 0.0758. The fraction of sp³-hybridized carbons (Fsp3) is 0.619. The number of carbonyl (C=O) groups is 2. The maximum atomic E-state index is 13.9. The maximum absolute atomic E-state index is 13.9. The largest absolute Gasteiger partial charge is 0.409 e. The van der Waals surface area contributed by atoms with Crippen LogP contribution in [0, 0.1) is 0 Å². The Balaban J connectivity index is 1.57. The highest BCUT2D eigenvalue weighted by Gasteiger charge is 2.49. The molecule has 0 radical (unpaired) electrons. The lowest BCUT2D eigenvalue weighted by atomic mass is 10.1. The van der Waals surface area contributed by atoms with E-state index in [2.05, 4.69) is 10.2 Å². The average molecular weight is 424 g/mol. The average Bonchev–Trinajstić information content (AvgIpc) is 3.31. The summed E-state index contributed by atoms with van der Waals surface area (Å²) in [6.07, 6.45) is -1.28. The van der Waals surface area contributed by atoms with Gasteiger partial charge in [-0.25, -0.2) is 0 Å². The molecule has 1 N–H and O–H groups in total. The van der Waals surface area contributed by atoms with E-state index in [4.69, 9.17) is 0 Å². The number of anilines is 2. The first-order valence-corrected chi connectivity index (χ1v) is 10.6. The highest BCUT2D eigenvalue weighted by atomic mass is 19.4. The fourth-order valence-corrected chi connectivity index (χ4v) is 4.82. The van der Waals surface area contributed by atoms with Crippen LogP contribution in [-0.4, -0.2) is 72.6 Å². The van der Waals surface area contributed by atoms with Crippen LogP contribution in [0.5, 0.6) is 0 Å². The standard InChI is InChI=1S/C21H27F3N4O2/c22-21(23,24)18-12-19(29)25-16-7-1-2-8-17(16)28(18)20(30)14-27-11-5-6-15(27)13-26-9-3-4-10-26/h1-2,7-8,15,18H,3-6,9-14H2,(H,25,29). The van der Waals surface area contributed by atoms with Crippen LogP contribution in [0.2, 0.25) is 0 Å². The zero-order valence-electron chi connectivity index (χ0n) is 16.8. The molecule has 9 heteroatoms. The predicted octanol–water partition coefficient (Wildman–Crippen LogP) is 2.85. The molecule has 164 valence electrons. The van der Waals surface area contributed by atoms with E-state index in [0.29, 0.717) is 6.54 Å². The second-order valence-corrected chi connectivity index (χ2v) is 8.36. The molecule has 1 aromatic carbocycles. The van der Waals surface area contributed by atoms with Gasteiger partial charge in [0.25, 0.3) is 0 Å². The first-order chi connectivity index (χ1) is 14.3. The number of benzene rings is 1. The topological polar surface area (TPSA) is 55.9 Å². The van der Waals surface area contributed by atoms with Crippen LogP contribution in [0.4, 0.5) is 24.5 Å². The van der Waals surface area contributed by atoms with E-state index in [9.17, 15) is 22.8 Å². The molecule has 1 aromatic rings. The molecule has 3 aliphatic heterocycles. The Labute approximate surface area is 174 Å². The van der Waals surface area contributed by atoms with E-state index in [0.717, 1.165) is 37.4 Å². The zero-order valence-corrected chi connectivity index (χ0v) is 16.8. The number of nitrogens with zero attached hydrogens (tertiary/aromatic N) is 3. The summed E-state index contributed by atoms with van der Waals surface area (Å²) in [7, 11) is 0. The molecule has 3 aliphatic rings. The van der Waals surface area contributed by atoms with E-state index in [1.54, 1.807) is 12.1 Å². The number of halogens is 3. The molecular formula is C21H27F3N4O2. The normalized spacial score (nSPS) is 25.8. The van der Waals surface area contributed by atoms with Gasteiger partial charge >= 0.3 is 6.18 Å². The number of likely N-dealkylation sites (tertiary alicyclic amines) is 2. The van der Waals surface area contributed by atoms with Gasteiger partial charge < -0.3 is 10.2 Å². The lowest BCUT2D eigenvalue weighted by Gasteiger charge is -2.34. The summed E-state index contributed by atoms with van der Waals surface area (Å²) < 4.78 is 41.6. The summed E-state index contributed by atoms with van der Waals surface area (Å²) in [6.45, 7) is 3.57. The van der Waals surface area contributed by atoms with E-state index < -0.39 is 30.5 Å². The molecule has 3 heterocycles. The van der Waals surface area contributed by atoms with Gasteiger partial charge in [0.2, 0.25) is 11.8 Å². The van der Waals surface area contributed by atoms with Gasteiger partial charge in [0.1, 0.15) is 6.04 Å². The molecule has 4 rings (SSSR count). The number of hydrogen-bond acceptors (Lipinski definition) is 4. The minimum Gasteiger partial charge on any atom is -0.324 e. The Kier molecular flexibility index (Phi) is 6.02. The lowest BCUT2D eigenvalue weighted by molar-refractivity contribution is -0.158. The van der Waals surface area contributed by atoms with Crippen molar-refractivity contribution in [2.24, 2.45) is 0 Å². The van der Waals surface area contributed by atoms with Crippen molar-refractivity contribution in [2.45, 2.75) is 50.4 Å². The molecule has 0 aromatic heterocycles. The van der Waals surface area contributed by atoms with Crippen molar-refractivity contribution in [2.75, 3.05) is 42.9 Å². The molecule has 30 heavy (non-hydrogen) atoms. The Morgan fingerprint density at radius 3 is 2.57 bits per heavy atom. The summed E-state index contributed by atoms with van der Waals surface area (Å²) in [5, 5.41) is 2.51. The quantitative estimate of drug-likeness (QED) is 0.808. The van der Waals surface area contributed by atoms with Crippen LogP contribution in [0.1, 0.15) is 32.1 Å². The highest BCUT2D eigenvalue weighted by molar-refractivity contribution is 6.05. The van der Waals surface area contributed by atoms with Crippen LogP contribution in [-0.2, 0) is 9.59 Å². The monoisotopic (exact) mass is 424 g/mol. The first kappa shape index (κ1) is 21.1. The number of amides is 2. The Hall–Kier alpha value is -2.13. The highest BCUT2D eigenvalue weighted by Crippen LogP contribution is 2.38. The number of rotatable bonds is 4.